The molecule has 2 heterocycles. The van der Waals surface area contributed by atoms with Crippen LogP contribution in [0.2, 0.25) is 0 Å². The van der Waals surface area contributed by atoms with Crippen LogP contribution in [0.3, 0.4) is 0 Å². The minimum absolute atomic E-state index is 0.235. The lowest BCUT2D eigenvalue weighted by Crippen LogP contribution is -2.11. The van der Waals surface area contributed by atoms with Crippen LogP contribution >= 0.6 is 11.6 Å². The van der Waals surface area contributed by atoms with Gasteiger partial charge in [-0.05, 0) is 56.0 Å². The fourth-order valence-corrected chi connectivity index (χ4v) is 4.22. The van der Waals surface area contributed by atoms with Crippen molar-refractivity contribution in [2.24, 2.45) is 0 Å². The lowest BCUT2D eigenvalue weighted by atomic mass is 10.0. The number of ether oxygens (including phenoxy) is 2. The normalized spacial score (nSPS) is 12.6. The zero-order chi connectivity index (χ0) is 24.8. The Hall–Kier alpha value is -3.76. The summed E-state index contributed by atoms with van der Waals surface area (Å²) in [6, 6.07) is 11.9. The monoisotopic (exact) mass is 490 g/mol. The Balaban J connectivity index is 1.86. The summed E-state index contributed by atoms with van der Waals surface area (Å²) < 4.78 is 11.5. The zero-order valence-electron chi connectivity index (χ0n) is 19.8. The summed E-state index contributed by atoms with van der Waals surface area (Å²) >= 11 is 5.67. The van der Waals surface area contributed by atoms with Crippen molar-refractivity contribution in [2.45, 2.75) is 33.1 Å². The Labute approximate surface area is 209 Å². The van der Waals surface area contributed by atoms with Crippen molar-refractivity contribution in [3.05, 3.63) is 59.3 Å². The minimum Gasteiger partial charge on any atom is -0.493 e. The molecule has 0 saturated carbocycles. The second kappa shape index (κ2) is 11.1. The number of allylic oxidation sites excluding steroid dienone is 1. The topological polar surface area (TPSA) is 96.3 Å². The molecule has 1 aliphatic heterocycles. The number of alkyl halides is 1. The van der Waals surface area contributed by atoms with Crippen LogP contribution in [0.1, 0.15) is 37.1 Å². The van der Waals surface area contributed by atoms with E-state index in [1.807, 2.05) is 26.0 Å². The third-order valence-corrected chi connectivity index (χ3v) is 5.88. The molecule has 180 valence electrons. The summed E-state index contributed by atoms with van der Waals surface area (Å²) in [5.74, 6) is 1.31. The number of carbonyl (C=O) groups excluding carboxylic acids is 1. The number of nitrogens with one attached hydrogen (secondary N) is 2. The van der Waals surface area contributed by atoms with Crippen molar-refractivity contribution < 1.29 is 14.3 Å². The third kappa shape index (κ3) is 5.33. The first-order valence-electron chi connectivity index (χ1n) is 11.7. The van der Waals surface area contributed by atoms with E-state index in [0.717, 1.165) is 36.4 Å². The zero-order valence-corrected chi connectivity index (χ0v) is 20.5. The predicted molar refractivity (Wildman–Crippen MR) is 139 cm³/mol. The van der Waals surface area contributed by atoms with Gasteiger partial charge in [-0.2, -0.15) is 5.26 Å². The summed E-state index contributed by atoms with van der Waals surface area (Å²) in [7, 11) is 0. The number of benzene rings is 2. The predicted octanol–water partition coefficient (Wildman–Crippen LogP) is 5.87. The van der Waals surface area contributed by atoms with Gasteiger partial charge in [-0.3, -0.25) is 9.78 Å². The first-order chi connectivity index (χ1) is 17.1. The molecule has 0 unspecified atom stereocenters. The molecule has 2 N–H and O–H groups in total. The van der Waals surface area contributed by atoms with Gasteiger partial charge in [0.05, 0.1) is 41.4 Å². The van der Waals surface area contributed by atoms with Crippen molar-refractivity contribution in [1.29, 1.82) is 5.26 Å². The Morgan fingerprint density at radius 3 is 2.91 bits per heavy atom. The van der Waals surface area contributed by atoms with Gasteiger partial charge < -0.3 is 20.1 Å². The molecule has 1 aliphatic rings. The van der Waals surface area contributed by atoms with E-state index in [1.54, 1.807) is 18.2 Å². The molecule has 2 aromatic carbocycles. The average molecular weight is 491 g/mol. The first-order valence-corrected chi connectivity index (χ1v) is 12.2. The lowest BCUT2D eigenvalue weighted by Gasteiger charge is -2.20. The smallest absolute Gasteiger partial charge is 0.248 e. The van der Waals surface area contributed by atoms with Crippen molar-refractivity contribution in [3.63, 3.8) is 0 Å². The van der Waals surface area contributed by atoms with Gasteiger partial charge in [-0.1, -0.05) is 13.0 Å². The van der Waals surface area contributed by atoms with E-state index in [9.17, 15) is 10.1 Å². The number of nitrogens with zero attached hydrogens (tertiary/aromatic N) is 2. The van der Waals surface area contributed by atoms with Crippen molar-refractivity contribution in [1.82, 2.24) is 4.98 Å². The molecule has 1 aromatic heterocycles. The van der Waals surface area contributed by atoms with E-state index in [4.69, 9.17) is 26.1 Å². The first kappa shape index (κ1) is 24.4. The van der Waals surface area contributed by atoms with Crippen molar-refractivity contribution in [3.8, 4) is 17.6 Å². The molecule has 0 fully saturated rings. The van der Waals surface area contributed by atoms with Gasteiger partial charge in [0.15, 0.2) is 0 Å². The number of aromatic nitrogens is 1. The summed E-state index contributed by atoms with van der Waals surface area (Å²) in [5, 5.41) is 17.1. The quantitative estimate of drug-likeness (QED) is 0.303. The van der Waals surface area contributed by atoms with Crippen LogP contribution in [-0.2, 0) is 17.6 Å². The molecule has 3 aromatic rings. The van der Waals surface area contributed by atoms with E-state index in [1.165, 1.54) is 6.08 Å². The van der Waals surface area contributed by atoms with Crippen LogP contribution in [0, 0.1) is 11.3 Å². The standard InChI is InChI=1S/C27H27ClN4O3/c1-3-21-20(16-29)27(30-18-9-10-24-17(13-18)7-6-12-35-24)19-14-23(32-26(33)8-5-11-28)25(34-4-2)15-22(19)31-21/h5,8-10,13-15H,3-4,6-7,11-12H2,1-2H3,(H,30,31)(H,32,33)/b8-5+. The number of pyridine rings is 1. The van der Waals surface area contributed by atoms with Gasteiger partial charge in [-0.25, -0.2) is 0 Å². The number of aryl methyl sites for hydroxylation is 2. The van der Waals surface area contributed by atoms with Crippen LogP contribution in [0.15, 0.2) is 42.5 Å². The number of amides is 1. The van der Waals surface area contributed by atoms with Gasteiger partial charge in [0.25, 0.3) is 0 Å². The maximum Gasteiger partial charge on any atom is 0.248 e. The van der Waals surface area contributed by atoms with Crippen LogP contribution in [0.25, 0.3) is 10.9 Å². The highest BCUT2D eigenvalue weighted by Gasteiger charge is 2.19. The molecule has 0 radical (unpaired) electrons. The fraction of sp³-hybridized carbons (Fsp3) is 0.296. The van der Waals surface area contributed by atoms with Crippen LogP contribution < -0.4 is 20.1 Å². The van der Waals surface area contributed by atoms with Crippen LogP contribution in [0.4, 0.5) is 17.1 Å². The van der Waals surface area contributed by atoms with Gasteiger partial charge in [-0.15, -0.1) is 11.6 Å². The molecule has 4 rings (SSSR count). The summed E-state index contributed by atoms with van der Waals surface area (Å²) in [4.78, 5) is 17.1. The van der Waals surface area contributed by atoms with Crippen LogP contribution in [0.5, 0.6) is 11.5 Å². The number of nitriles is 1. The SMILES string of the molecule is CCOc1cc2nc(CC)c(C#N)c(Nc3ccc4c(c3)CCCO4)c2cc1NC(=O)/C=C/CCl. The molecule has 0 aliphatic carbocycles. The van der Waals surface area contributed by atoms with Crippen LogP contribution in [-0.4, -0.2) is 30.0 Å². The van der Waals surface area contributed by atoms with E-state index in [-0.39, 0.29) is 11.8 Å². The Morgan fingerprint density at radius 1 is 1.31 bits per heavy atom. The Kier molecular flexibility index (Phi) is 7.74. The highest BCUT2D eigenvalue weighted by atomic mass is 35.5. The number of hydrogen-bond acceptors (Lipinski definition) is 6. The molecule has 1 amide bonds. The largest absolute Gasteiger partial charge is 0.493 e. The fourth-order valence-electron chi connectivity index (χ4n) is 4.13. The Bertz CT molecular complexity index is 1330. The second-order valence-electron chi connectivity index (χ2n) is 8.02. The average Bonchev–Trinajstić information content (AvgIpc) is 2.87. The van der Waals surface area contributed by atoms with E-state index in [0.29, 0.717) is 52.3 Å². The molecular formula is C27H27ClN4O3. The molecule has 35 heavy (non-hydrogen) atoms. The number of fused-ring (bicyclic) bond motifs is 2. The third-order valence-electron chi connectivity index (χ3n) is 5.70. The van der Waals surface area contributed by atoms with Gasteiger partial charge in [0.2, 0.25) is 5.91 Å². The van der Waals surface area contributed by atoms with Gasteiger partial charge in [0.1, 0.15) is 17.6 Å². The lowest BCUT2D eigenvalue weighted by molar-refractivity contribution is -0.111. The van der Waals surface area contributed by atoms with Gasteiger partial charge >= 0.3 is 0 Å². The Morgan fingerprint density at radius 2 is 2.17 bits per heavy atom. The highest BCUT2D eigenvalue weighted by molar-refractivity contribution is 6.19. The molecule has 0 saturated heterocycles. The number of hydrogen-bond donors (Lipinski definition) is 2. The molecule has 7 nitrogen and oxygen atoms in total. The van der Waals surface area contributed by atoms with E-state index >= 15 is 0 Å². The maximum absolute atomic E-state index is 12.4. The van der Waals surface area contributed by atoms with E-state index in [2.05, 4.69) is 22.8 Å². The maximum atomic E-state index is 12.4. The summed E-state index contributed by atoms with van der Waals surface area (Å²) in [6.45, 7) is 4.99. The number of rotatable bonds is 8. The van der Waals surface area contributed by atoms with Gasteiger partial charge in [0, 0.05) is 29.1 Å². The van der Waals surface area contributed by atoms with Crippen molar-refractivity contribution >= 4 is 45.5 Å². The molecule has 0 spiro atoms. The molecule has 8 heteroatoms. The number of halogens is 1. The number of anilines is 3. The summed E-state index contributed by atoms with van der Waals surface area (Å²) in [6.07, 6.45) is 5.45. The number of carbonyl (C=O) groups is 1. The molecular weight excluding hydrogens is 464 g/mol. The summed E-state index contributed by atoms with van der Waals surface area (Å²) in [5.41, 5.74) is 4.94. The molecule has 0 atom stereocenters. The molecule has 0 bridgehead atoms. The van der Waals surface area contributed by atoms with Crippen molar-refractivity contribution in [2.75, 3.05) is 29.7 Å². The second-order valence-corrected chi connectivity index (χ2v) is 8.33. The highest BCUT2D eigenvalue weighted by Crippen LogP contribution is 2.38. The minimum atomic E-state index is -0.325. The van der Waals surface area contributed by atoms with E-state index < -0.39 is 0 Å².